The first kappa shape index (κ1) is 15.9. The van der Waals surface area contributed by atoms with Gasteiger partial charge >= 0.3 is 0 Å². The molecule has 1 aromatic heterocycles. The van der Waals surface area contributed by atoms with Crippen LogP contribution in [0.25, 0.3) is 0 Å². The van der Waals surface area contributed by atoms with E-state index in [1.165, 1.54) is 4.88 Å². The number of nitrogens with zero attached hydrogens (tertiary/aromatic N) is 1. The molecule has 0 aliphatic carbocycles. The molecule has 1 heterocycles. The number of hydrogen-bond acceptors (Lipinski definition) is 3. The Kier molecular flexibility index (Phi) is 6.53. The van der Waals surface area contributed by atoms with Gasteiger partial charge in [0.1, 0.15) is 6.29 Å². The summed E-state index contributed by atoms with van der Waals surface area (Å²) >= 11 is 5.25. The zero-order chi connectivity index (χ0) is 13.6. The standard InChI is InChI=1S/C14H22BrNOS/c1-4-6-14(2,11-17)10-16(3)7-5-13-8-12(15)9-18-13/h8-9,11H,4-7,10H2,1-3H3. The lowest BCUT2D eigenvalue weighted by Gasteiger charge is -2.28. The van der Waals surface area contributed by atoms with Crippen molar-refractivity contribution in [2.45, 2.75) is 33.1 Å². The highest BCUT2D eigenvalue weighted by Crippen LogP contribution is 2.23. The summed E-state index contributed by atoms with van der Waals surface area (Å²) in [6.45, 7) is 6.03. The molecule has 18 heavy (non-hydrogen) atoms. The summed E-state index contributed by atoms with van der Waals surface area (Å²) in [5, 5.41) is 2.11. The average Bonchev–Trinajstić information content (AvgIpc) is 2.73. The van der Waals surface area contributed by atoms with Crippen LogP contribution in [0.15, 0.2) is 15.9 Å². The van der Waals surface area contributed by atoms with Crippen molar-refractivity contribution >= 4 is 33.6 Å². The molecular weight excluding hydrogens is 310 g/mol. The van der Waals surface area contributed by atoms with Crippen LogP contribution >= 0.6 is 27.3 Å². The summed E-state index contributed by atoms with van der Waals surface area (Å²) < 4.78 is 1.16. The maximum absolute atomic E-state index is 11.2. The van der Waals surface area contributed by atoms with Gasteiger partial charge in [0.25, 0.3) is 0 Å². The second-order valence-corrected chi connectivity index (χ2v) is 7.15. The number of thiophene rings is 1. The molecule has 1 aromatic rings. The molecule has 1 unspecified atom stereocenters. The van der Waals surface area contributed by atoms with Crippen molar-refractivity contribution in [2.75, 3.05) is 20.1 Å². The van der Waals surface area contributed by atoms with E-state index >= 15 is 0 Å². The maximum Gasteiger partial charge on any atom is 0.127 e. The summed E-state index contributed by atoms with van der Waals surface area (Å²) in [5.41, 5.74) is -0.195. The molecule has 0 bridgehead atoms. The van der Waals surface area contributed by atoms with Gasteiger partial charge in [0.05, 0.1) is 0 Å². The molecule has 0 N–H and O–H groups in total. The first-order chi connectivity index (χ1) is 8.49. The van der Waals surface area contributed by atoms with Gasteiger partial charge in [-0.3, -0.25) is 0 Å². The highest BCUT2D eigenvalue weighted by atomic mass is 79.9. The van der Waals surface area contributed by atoms with E-state index in [1.807, 2.05) is 0 Å². The summed E-state index contributed by atoms with van der Waals surface area (Å²) in [6, 6.07) is 2.17. The topological polar surface area (TPSA) is 20.3 Å². The van der Waals surface area contributed by atoms with Gasteiger partial charge in [0.2, 0.25) is 0 Å². The molecule has 0 saturated heterocycles. The minimum Gasteiger partial charge on any atom is -0.305 e. The van der Waals surface area contributed by atoms with E-state index in [9.17, 15) is 4.79 Å². The smallest absolute Gasteiger partial charge is 0.127 e. The maximum atomic E-state index is 11.2. The Labute approximate surface area is 123 Å². The van der Waals surface area contributed by atoms with Crippen LogP contribution in [0.4, 0.5) is 0 Å². The molecule has 0 spiro atoms. The van der Waals surface area contributed by atoms with E-state index in [0.29, 0.717) is 0 Å². The Balaban J connectivity index is 2.40. The molecule has 0 aliphatic heterocycles. The lowest BCUT2D eigenvalue weighted by atomic mass is 9.87. The predicted octanol–water partition coefficient (Wildman–Crippen LogP) is 3.99. The number of hydrogen-bond donors (Lipinski definition) is 0. The highest BCUT2D eigenvalue weighted by molar-refractivity contribution is 9.10. The van der Waals surface area contributed by atoms with Gasteiger partial charge in [-0.1, -0.05) is 20.3 Å². The van der Waals surface area contributed by atoms with Crippen LogP contribution in [0, 0.1) is 5.41 Å². The van der Waals surface area contributed by atoms with Crippen molar-refractivity contribution in [1.82, 2.24) is 4.90 Å². The lowest BCUT2D eigenvalue weighted by molar-refractivity contribution is -0.116. The van der Waals surface area contributed by atoms with E-state index in [1.54, 1.807) is 11.3 Å². The van der Waals surface area contributed by atoms with Gasteiger partial charge in [-0.2, -0.15) is 0 Å². The second kappa shape index (κ2) is 7.41. The van der Waals surface area contributed by atoms with Crippen molar-refractivity contribution in [3.05, 3.63) is 20.8 Å². The first-order valence-electron chi connectivity index (χ1n) is 6.37. The van der Waals surface area contributed by atoms with Crippen LogP contribution in [-0.2, 0) is 11.2 Å². The summed E-state index contributed by atoms with van der Waals surface area (Å²) in [6.07, 6.45) is 4.19. The SMILES string of the molecule is CCCC(C)(C=O)CN(C)CCc1cc(Br)cs1. The minimum atomic E-state index is -0.195. The Hall–Kier alpha value is -0.190. The fourth-order valence-electron chi connectivity index (χ4n) is 2.23. The number of halogens is 1. The summed E-state index contributed by atoms with van der Waals surface area (Å²) in [5.74, 6) is 0. The molecule has 0 radical (unpaired) electrons. The van der Waals surface area contributed by atoms with Gasteiger partial charge in [0, 0.05) is 33.2 Å². The van der Waals surface area contributed by atoms with Gasteiger partial charge in [-0.25, -0.2) is 0 Å². The second-order valence-electron chi connectivity index (χ2n) is 5.24. The van der Waals surface area contributed by atoms with E-state index in [-0.39, 0.29) is 5.41 Å². The number of carbonyl (C=O) groups excluding carboxylic acids is 1. The monoisotopic (exact) mass is 331 g/mol. The molecule has 0 aromatic carbocycles. The Bertz CT molecular complexity index is 380. The summed E-state index contributed by atoms with van der Waals surface area (Å²) in [7, 11) is 2.10. The van der Waals surface area contributed by atoms with E-state index in [2.05, 4.69) is 53.2 Å². The minimum absolute atomic E-state index is 0.195. The predicted molar refractivity (Wildman–Crippen MR) is 82.3 cm³/mol. The zero-order valence-electron chi connectivity index (χ0n) is 11.4. The normalized spacial score (nSPS) is 14.7. The number of aldehydes is 1. The lowest BCUT2D eigenvalue weighted by Crippen LogP contribution is -2.35. The van der Waals surface area contributed by atoms with Crippen molar-refractivity contribution in [3.63, 3.8) is 0 Å². The fourth-order valence-corrected chi connectivity index (χ4v) is 3.67. The highest BCUT2D eigenvalue weighted by Gasteiger charge is 2.24. The van der Waals surface area contributed by atoms with Crippen LogP contribution in [0.5, 0.6) is 0 Å². The number of carbonyl (C=O) groups is 1. The van der Waals surface area contributed by atoms with Crippen LogP contribution in [-0.4, -0.2) is 31.3 Å². The van der Waals surface area contributed by atoms with Crippen LogP contribution in [0.3, 0.4) is 0 Å². The fraction of sp³-hybridized carbons (Fsp3) is 0.643. The molecule has 4 heteroatoms. The Morgan fingerprint density at radius 1 is 1.56 bits per heavy atom. The van der Waals surface area contributed by atoms with Crippen molar-refractivity contribution in [2.24, 2.45) is 5.41 Å². The Morgan fingerprint density at radius 2 is 2.28 bits per heavy atom. The van der Waals surface area contributed by atoms with Crippen molar-refractivity contribution in [1.29, 1.82) is 0 Å². The van der Waals surface area contributed by atoms with Gasteiger partial charge in [-0.05, 0) is 41.9 Å². The van der Waals surface area contributed by atoms with Gasteiger partial charge < -0.3 is 9.69 Å². The number of rotatable bonds is 8. The van der Waals surface area contributed by atoms with Crippen molar-refractivity contribution < 1.29 is 4.79 Å². The summed E-state index contributed by atoms with van der Waals surface area (Å²) in [4.78, 5) is 14.8. The first-order valence-corrected chi connectivity index (χ1v) is 8.04. The third kappa shape index (κ3) is 5.21. The van der Waals surface area contributed by atoms with E-state index in [4.69, 9.17) is 0 Å². The Morgan fingerprint density at radius 3 is 2.78 bits per heavy atom. The zero-order valence-corrected chi connectivity index (χ0v) is 13.8. The molecule has 102 valence electrons. The van der Waals surface area contributed by atoms with E-state index < -0.39 is 0 Å². The molecule has 1 atom stereocenters. The van der Waals surface area contributed by atoms with Gasteiger partial charge in [0.15, 0.2) is 0 Å². The van der Waals surface area contributed by atoms with E-state index in [0.717, 1.165) is 43.1 Å². The average molecular weight is 332 g/mol. The molecule has 0 amide bonds. The third-order valence-corrected chi connectivity index (χ3v) is 4.86. The largest absolute Gasteiger partial charge is 0.305 e. The van der Waals surface area contributed by atoms with Gasteiger partial charge in [-0.15, -0.1) is 11.3 Å². The quantitative estimate of drug-likeness (QED) is 0.671. The molecule has 2 nitrogen and oxygen atoms in total. The van der Waals surface area contributed by atoms with Crippen LogP contribution in [0.2, 0.25) is 0 Å². The molecular formula is C14H22BrNOS. The third-order valence-electron chi connectivity index (χ3n) is 3.10. The molecule has 0 fully saturated rings. The molecule has 0 saturated carbocycles. The van der Waals surface area contributed by atoms with Crippen LogP contribution in [0.1, 0.15) is 31.6 Å². The van der Waals surface area contributed by atoms with Crippen LogP contribution < -0.4 is 0 Å². The molecule has 1 rings (SSSR count). The van der Waals surface area contributed by atoms with Crippen molar-refractivity contribution in [3.8, 4) is 0 Å². The number of likely N-dealkylation sites (N-methyl/N-ethyl adjacent to an activating group) is 1. The molecule has 0 aliphatic rings.